The van der Waals surface area contributed by atoms with E-state index in [0.29, 0.717) is 12.0 Å². The molecule has 0 aromatic rings. The molecule has 1 atom stereocenters. The Morgan fingerprint density at radius 3 is 1.89 bits per heavy atom. The average molecular weight is 510 g/mol. The highest BCUT2D eigenvalue weighted by atomic mass is 16.5. The number of hydrogen-bond acceptors (Lipinski definition) is 5. The van der Waals surface area contributed by atoms with Crippen molar-refractivity contribution in [2.75, 3.05) is 33.4 Å². The van der Waals surface area contributed by atoms with E-state index in [1.54, 1.807) is 7.11 Å². The van der Waals surface area contributed by atoms with Crippen molar-refractivity contribution < 1.29 is 19.1 Å². The van der Waals surface area contributed by atoms with Crippen LogP contribution in [0.4, 0.5) is 0 Å². The Kier molecular flexibility index (Phi) is 21.1. The number of carbonyl (C=O) groups excluding carboxylic acids is 2. The summed E-state index contributed by atoms with van der Waals surface area (Å²) in [5.74, 6) is 3.18. The fourth-order valence-electron chi connectivity index (χ4n) is 4.86. The van der Waals surface area contributed by atoms with Crippen LogP contribution >= 0.6 is 0 Å². The van der Waals surface area contributed by atoms with E-state index in [0.717, 1.165) is 69.3 Å². The van der Waals surface area contributed by atoms with E-state index in [1.807, 2.05) is 13.8 Å². The number of rotatable bonds is 9. The number of Topliss-reactive ketones (excluding diaryl/α,β-unsaturated/α-hetero) is 1. The van der Waals surface area contributed by atoms with Crippen LogP contribution in [0.3, 0.4) is 0 Å². The maximum absolute atomic E-state index is 10.6. The molecule has 1 aliphatic heterocycles. The number of likely N-dealkylation sites (tertiary alicyclic amines) is 1. The van der Waals surface area contributed by atoms with Gasteiger partial charge in [-0.05, 0) is 83.4 Å². The molecular formula is C31H59NO4. The van der Waals surface area contributed by atoms with Crippen molar-refractivity contribution >= 4 is 12.1 Å². The zero-order valence-corrected chi connectivity index (χ0v) is 25.1. The summed E-state index contributed by atoms with van der Waals surface area (Å²) in [4.78, 5) is 23.6. The van der Waals surface area contributed by atoms with Crippen LogP contribution in [-0.4, -0.2) is 56.4 Å². The number of ketones is 1. The number of nitrogens with zero attached hydrogens (tertiary/aromatic N) is 1. The second kappa shape index (κ2) is 21.8. The van der Waals surface area contributed by atoms with Gasteiger partial charge in [0.05, 0.1) is 5.76 Å². The van der Waals surface area contributed by atoms with Crippen LogP contribution in [0, 0.1) is 17.8 Å². The van der Waals surface area contributed by atoms with E-state index in [4.69, 9.17) is 4.74 Å². The van der Waals surface area contributed by atoms with Gasteiger partial charge >= 0.3 is 0 Å². The first-order chi connectivity index (χ1) is 17.2. The summed E-state index contributed by atoms with van der Waals surface area (Å²) in [5.41, 5.74) is 1.36. The molecular weight excluding hydrogens is 450 g/mol. The number of aldehydes is 1. The van der Waals surface area contributed by atoms with Crippen LogP contribution in [0.2, 0.25) is 0 Å². The molecule has 2 aliphatic carbocycles. The van der Waals surface area contributed by atoms with Crippen LogP contribution < -0.4 is 0 Å². The van der Waals surface area contributed by atoms with E-state index < -0.39 is 0 Å². The molecule has 2 saturated carbocycles. The van der Waals surface area contributed by atoms with E-state index >= 15 is 0 Å². The van der Waals surface area contributed by atoms with Crippen LogP contribution in [0.15, 0.2) is 11.3 Å². The SMILES string of the molecule is CC(=O)COC(C)=C1CC1.CCC(C(C)C)N1CCC(C=O)CC1.CCC1CCCCC1.CCOC. The lowest BCUT2D eigenvalue weighted by atomic mass is 9.88. The van der Waals surface area contributed by atoms with Gasteiger partial charge in [0.25, 0.3) is 0 Å². The summed E-state index contributed by atoms with van der Waals surface area (Å²) >= 11 is 0. The molecule has 0 amide bonds. The second-order valence-corrected chi connectivity index (χ2v) is 10.9. The Labute approximate surface area is 223 Å². The molecule has 1 heterocycles. The number of carbonyl (C=O) groups is 2. The van der Waals surface area contributed by atoms with Gasteiger partial charge in [0.2, 0.25) is 0 Å². The molecule has 1 unspecified atom stereocenters. The van der Waals surface area contributed by atoms with Crippen LogP contribution in [0.25, 0.3) is 0 Å². The minimum Gasteiger partial charge on any atom is -0.491 e. The third-order valence-electron chi connectivity index (χ3n) is 7.50. The fourth-order valence-corrected chi connectivity index (χ4v) is 4.86. The summed E-state index contributed by atoms with van der Waals surface area (Å²) in [7, 11) is 1.68. The van der Waals surface area contributed by atoms with Gasteiger partial charge in [-0.15, -0.1) is 0 Å². The summed E-state index contributed by atoms with van der Waals surface area (Å²) in [6.45, 7) is 17.8. The molecule has 0 aromatic carbocycles. The first kappa shape index (κ1) is 34.8. The lowest BCUT2D eigenvalue weighted by Gasteiger charge is -2.38. The van der Waals surface area contributed by atoms with Crippen molar-refractivity contribution in [3.8, 4) is 0 Å². The first-order valence-electron chi connectivity index (χ1n) is 14.7. The van der Waals surface area contributed by atoms with Crippen LogP contribution in [0.1, 0.15) is 119 Å². The van der Waals surface area contributed by atoms with Crippen molar-refractivity contribution in [1.82, 2.24) is 4.90 Å². The maximum atomic E-state index is 10.6. The fraction of sp³-hybridized carbons (Fsp3) is 0.871. The Hall–Kier alpha value is -1.20. The molecule has 3 fully saturated rings. The molecule has 3 aliphatic rings. The average Bonchev–Trinajstić information content (AvgIpc) is 3.75. The van der Waals surface area contributed by atoms with Crippen molar-refractivity contribution in [1.29, 1.82) is 0 Å². The van der Waals surface area contributed by atoms with Crippen molar-refractivity contribution in [2.45, 2.75) is 125 Å². The van der Waals surface area contributed by atoms with Gasteiger partial charge in [-0.3, -0.25) is 4.79 Å². The Bertz CT molecular complexity index is 579. The minimum atomic E-state index is 0.0839. The summed E-state index contributed by atoms with van der Waals surface area (Å²) in [6.07, 6.45) is 15.7. The van der Waals surface area contributed by atoms with Gasteiger partial charge in [-0.25, -0.2) is 0 Å². The normalized spacial score (nSPS) is 19.0. The van der Waals surface area contributed by atoms with Crippen LogP contribution in [-0.2, 0) is 19.1 Å². The molecule has 3 rings (SSSR count). The van der Waals surface area contributed by atoms with Gasteiger partial charge in [-0.2, -0.15) is 0 Å². The zero-order valence-electron chi connectivity index (χ0n) is 25.1. The largest absolute Gasteiger partial charge is 0.491 e. The summed E-state index contributed by atoms with van der Waals surface area (Å²) in [5, 5.41) is 0. The monoisotopic (exact) mass is 509 g/mol. The Morgan fingerprint density at radius 1 is 1.00 bits per heavy atom. The van der Waals surface area contributed by atoms with Crippen molar-refractivity contribution in [3.05, 3.63) is 11.3 Å². The van der Waals surface area contributed by atoms with E-state index in [1.165, 1.54) is 57.4 Å². The van der Waals surface area contributed by atoms with Gasteiger partial charge < -0.3 is 19.2 Å². The van der Waals surface area contributed by atoms with E-state index in [-0.39, 0.29) is 12.4 Å². The standard InChI is InChI=1S/C12H23NO.C8H12O2.C8H16.C3H8O/c1-4-12(10(2)3)13-7-5-11(9-14)6-8-13;1-6(9)5-10-7(2)8-3-4-8;1-2-8-6-4-3-5-7-8;1-3-4-2/h9-12H,4-8H2,1-3H3;3-5H2,1-2H3;8H,2-7H2,1H3;3H2,1-2H3. The molecule has 5 heteroatoms. The molecule has 212 valence electrons. The predicted molar refractivity (Wildman–Crippen MR) is 152 cm³/mol. The van der Waals surface area contributed by atoms with E-state index in [9.17, 15) is 9.59 Å². The minimum absolute atomic E-state index is 0.0839. The molecule has 0 radical (unpaired) electrons. The van der Waals surface area contributed by atoms with Crippen LogP contribution in [0.5, 0.6) is 0 Å². The van der Waals surface area contributed by atoms with Gasteiger partial charge in [0, 0.05) is 25.7 Å². The molecule has 0 aromatic heterocycles. The Morgan fingerprint density at radius 2 is 1.56 bits per heavy atom. The molecule has 5 nitrogen and oxygen atoms in total. The zero-order chi connectivity index (χ0) is 27.3. The quantitative estimate of drug-likeness (QED) is 0.236. The van der Waals surface area contributed by atoms with Crippen molar-refractivity contribution in [3.63, 3.8) is 0 Å². The third kappa shape index (κ3) is 17.3. The number of methoxy groups -OCH3 is 1. The second-order valence-electron chi connectivity index (χ2n) is 10.9. The van der Waals surface area contributed by atoms with Gasteiger partial charge in [0.1, 0.15) is 12.9 Å². The molecule has 36 heavy (non-hydrogen) atoms. The predicted octanol–water partition coefficient (Wildman–Crippen LogP) is 7.62. The highest BCUT2D eigenvalue weighted by molar-refractivity contribution is 5.76. The molecule has 0 bridgehead atoms. The topological polar surface area (TPSA) is 55.8 Å². The summed E-state index contributed by atoms with van der Waals surface area (Å²) < 4.78 is 9.70. The Balaban J connectivity index is 0.000000490. The van der Waals surface area contributed by atoms with E-state index in [2.05, 4.69) is 37.3 Å². The highest BCUT2D eigenvalue weighted by Gasteiger charge is 2.25. The smallest absolute Gasteiger partial charge is 0.167 e. The third-order valence-corrected chi connectivity index (χ3v) is 7.50. The number of piperidine rings is 1. The lowest BCUT2D eigenvalue weighted by Crippen LogP contribution is -2.43. The maximum Gasteiger partial charge on any atom is 0.167 e. The van der Waals surface area contributed by atoms with Gasteiger partial charge in [0.15, 0.2) is 5.78 Å². The number of ether oxygens (including phenoxy) is 2. The number of allylic oxidation sites excluding steroid dienone is 2. The summed E-state index contributed by atoms with van der Waals surface area (Å²) in [6, 6.07) is 0.711. The first-order valence-corrected chi connectivity index (χ1v) is 14.7. The molecule has 1 saturated heterocycles. The van der Waals surface area contributed by atoms with Gasteiger partial charge in [-0.1, -0.05) is 66.2 Å². The highest BCUT2D eigenvalue weighted by Crippen LogP contribution is 2.31. The molecule has 0 spiro atoms. The molecule has 0 N–H and O–H groups in total. The number of hydrogen-bond donors (Lipinski definition) is 0. The van der Waals surface area contributed by atoms with Crippen molar-refractivity contribution in [2.24, 2.45) is 17.8 Å². The lowest BCUT2D eigenvalue weighted by molar-refractivity contribution is -0.120.